The summed E-state index contributed by atoms with van der Waals surface area (Å²) < 4.78 is 48.7. The Morgan fingerprint density at radius 2 is 1.85 bits per heavy atom. The van der Waals surface area contributed by atoms with Crippen molar-refractivity contribution in [1.82, 2.24) is 34.8 Å². The minimum atomic E-state index is -4.54. The molecule has 4 aromatic rings. The molecule has 5 heterocycles. The Morgan fingerprint density at radius 1 is 1.08 bits per heavy atom. The van der Waals surface area contributed by atoms with Gasteiger partial charge in [-0.3, -0.25) is 9.88 Å². The fourth-order valence-electron chi connectivity index (χ4n) is 7.86. The van der Waals surface area contributed by atoms with E-state index in [9.17, 15) is 23.1 Å². The van der Waals surface area contributed by atoms with Gasteiger partial charge in [0.05, 0.1) is 41.6 Å². The van der Waals surface area contributed by atoms with Gasteiger partial charge in [-0.2, -0.15) is 13.2 Å². The third-order valence-corrected chi connectivity index (χ3v) is 10.7. The van der Waals surface area contributed by atoms with E-state index in [-0.39, 0.29) is 64.6 Å². The van der Waals surface area contributed by atoms with E-state index in [1.54, 1.807) is 12.4 Å². The Labute approximate surface area is 329 Å². The number of pyridine rings is 2. The van der Waals surface area contributed by atoms with Crippen molar-refractivity contribution in [2.24, 2.45) is 5.41 Å². The van der Waals surface area contributed by atoms with Crippen molar-refractivity contribution in [3.8, 4) is 22.8 Å². The molecule has 16 heteroatoms. The maximum atomic E-state index is 14.3. The second-order valence-corrected chi connectivity index (χ2v) is 14.7. The number of H-pyrrole nitrogens is 1. The first-order valence-electron chi connectivity index (χ1n) is 18.2. The second-order valence-electron chi connectivity index (χ2n) is 14.7. The third-order valence-electron chi connectivity index (χ3n) is 10.7. The summed E-state index contributed by atoms with van der Waals surface area (Å²) in [6.45, 7) is 8.54. The molecule has 1 atom stereocenters. The summed E-state index contributed by atoms with van der Waals surface area (Å²) in [7, 11) is 1.99. The monoisotopic (exact) mass is 743 g/mol. The van der Waals surface area contributed by atoms with Gasteiger partial charge in [-0.1, -0.05) is 12.8 Å². The summed E-state index contributed by atoms with van der Waals surface area (Å²) in [4.78, 5) is 44.0. The van der Waals surface area contributed by atoms with Crippen molar-refractivity contribution in [3.63, 3.8) is 0 Å². The number of piperazine rings is 1. The number of nitrogens with zero attached hydrogens (tertiary/aromatic N) is 8. The number of nitrogens with one attached hydrogen (secondary N) is 1. The molecule has 0 radical (unpaired) electrons. The zero-order valence-electron chi connectivity index (χ0n) is 30.9. The van der Waals surface area contributed by atoms with Gasteiger partial charge in [0.1, 0.15) is 17.0 Å². The largest absolute Gasteiger partial charge is 1.00 e. The number of aromatic nitrogens is 6. The summed E-state index contributed by atoms with van der Waals surface area (Å²) >= 11 is 0. The molecule has 0 spiro atoms. The van der Waals surface area contributed by atoms with Gasteiger partial charge in [0, 0.05) is 81.5 Å². The molecular weight excluding hydrogens is 698 g/mol. The zero-order valence-corrected chi connectivity index (χ0v) is 32.9. The fraction of sp³-hybridized carbons (Fsp3) is 0.568. The maximum Gasteiger partial charge on any atom is 1.00 e. The van der Waals surface area contributed by atoms with E-state index >= 15 is 0 Å². The molecule has 1 aliphatic heterocycles. The number of carbonyl (C=O) groups is 1. The smallest absolute Gasteiger partial charge is 0.550 e. The summed E-state index contributed by atoms with van der Waals surface area (Å²) in [5, 5.41) is 10.9. The molecular formula is C37H45F3N9NaO3. The molecule has 7 rings (SSSR count). The molecule has 0 amide bonds. The zero-order chi connectivity index (χ0) is 36.6. The van der Waals surface area contributed by atoms with E-state index in [0.29, 0.717) is 93.0 Å². The molecule has 4 aromatic heterocycles. The number of aliphatic carboxylic acids is 1. The first kappa shape index (κ1) is 39.3. The summed E-state index contributed by atoms with van der Waals surface area (Å²) in [6, 6.07) is 3.09. The molecule has 2 saturated carbocycles. The summed E-state index contributed by atoms with van der Waals surface area (Å²) in [5.41, 5.74) is 2.24. The van der Waals surface area contributed by atoms with Crippen LogP contribution in [0.25, 0.3) is 33.9 Å². The van der Waals surface area contributed by atoms with Gasteiger partial charge in [0.25, 0.3) is 0 Å². The molecule has 1 N–H and O–H groups in total. The van der Waals surface area contributed by atoms with Gasteiger partial charge in [-0.25, -0.2) is 19.9 Å². The van der Waals surface area contributed by atoms with Crippen LogP contribution in [0.15, 0.2) is 30.7 Å². The second kappa shape index (κ2) is 16.2. The number of halogens is 3. The number of alkyl halides is 3. The maximum absolute atomic E-state index is 14.3. The van der Waals surface area contributed by atoms with Gasteiger partial charge in [-0.15, -0.1) is 0 Å². The van der Waals surface area contributed by atoms with Crippen molar-refractivity contribution >= 4 is 28.6 Å². The molecule has 53 heavy (non-hydrogen) atoms. The number of fused-ring (bicyclic) bond motifs is 1. The van der Waals surface area contributed by atoms with E-state index in [1.807, 2.05) is 20.0 Å². The summed E-state index contributed by atoms with van der Waals surface area (Å²) in [6.07, 6.45) is 6.03. The molecule has 12 nitrogen and oxygen atoms in total. The molecule has 3 fully saturated rings. The van der Waals surface area contributed by atoms with Crippen LogP contribution in [-0.2, 0) is 15.7 Å². The van der Waals surface area contributed by atoms with Crippen LogP contribution in [0.5, 0.6) is 0 Å². The fourth-order valence-corrected chi connectivity index (χ4v) is 7.86. The Morgan fingerprint density at radius 3 is 2.49 bits per heavy atom. The minimum absolute atomic E-state index is 0. The number of hydrogen-bond acceptors (Lipinski definition) is 11. The van der Waals surface area contributed by atoms with Gasteiger partial charge in [0.2, 0.25) is 0 Å². The van der Waals surface area contributed by atoms with Crippen LogP contribution in [0.2, 0.25) is 0 Å². The van der Waals surface area contributed by atoms with Crippen molar-refractivity contribution < 1.29 is 57.4 Å². The predicted octanol–water partition coefficient (Wildman–Crippen LogP) is 2.06. The summed E-state index contributed by atoms with van der Waals surface area (Å²) in [5.74, 6) is -0.0728. The van der Waals surface area contributed by atoms with Crippen LogP contribution in [0.4, 0.5) is 24.7 Å². The number of imidazole rings is 1. The standard InChI is InChI=1S/C37H46F3N9O3.Na/c1-4-52-22-36(10-5-6-11-36)21-47(3)29-16-27(25-15-26(37(38,39)40)32(43-17-25)24-7-8-24)44-35-33(29)45-34(46-35)28-18-42-30(19-41-28)49-14-13-48(20-23(49)2)12-9-31(50)51;/h15-19,23-24H,4-14,20-22H2,1-3H3,(H,50,51)(H,44,45,46);/q;+1/p-1/t23-;/m1./s1. The van der Waals surface area contributed by atoms with Gasteiger partial charge < -0.3 is 29.4 Å². The van der Waals surface area contributed by atoms with Crippen molar-refractivity contribution in [3.05, 3.63) is 42.0 Å². The van der Waals surface area contributed by atoms with Crippen LogP contribution >= 0.6 is 0 Å². The van der Waals surface area contributed by atoms with Crippen LogP contribution in [0.1, 0.15) is 76.0 Å². The SMILES string of the molecule is CCOCC1(CN(C)c2cc(-c3cnc(C4CC4)c(C(F)(F)F)c3)nc3nc(-c4cnc(N5CCN(CCC(=O)[O-])C[C@H]5C)cn4)[nH]c23)CCCC1.[Na+]. The van der Waals surface area contributed by atoms with Gasteiger partial charge in [-0.05, 0) is 58.1 Å². The van der Waals surface area contributed by atoms with Crippen molar-refractivity contribution in [2.45, 2.75) is 76.9 Å². The van der Waals surface area contributed by atoms with E-state index < -0.39 is 17.7 Å². The first-order valence-corrected chi connectivity index (χ1v) is 18.2. The molecule has 0 aromatic carbocycles. The van der Waals surface area contributed by atoms with Crippen LogP contribution < -0.4 is 44.5 Å². The number of ether oxygens (including phenoxy) is 1. The topological polar surface area (TPSA) is 139 Å². The number of anilines is 2. The van der Waals surface area contributed by atoms with E-state index in [0.717, 1.165) is 31.4 Å². The van der Waals surface area contributed by atoms with Gasteiger partial charge >= 0.3 is 35.7 Å². The number of carboxylic acids is 1. The normalized spacial score (nSPS) is 19.1. The van der Waals surface area contributed by atoms with Gasteiger partial charge in [0.15, 0.2) is 11.5 Å². The molecule has 2 aliphatic carbocycles. The number of carboxylic acid groups (broad SMARTS) is 1. The third kappa shape index (κ3) is 8.80. The van der Waals surface area contributed by atoms with Crippen LogP contribution in [-0.4, -0.2) is 99.8 Å². The first-order chi connectivity index (χ1) is 24.9. The Bertz CT molecular complexity index is 1900. The Balaban J connectivity index is 0.00000481. The van der Waals surface area contributed by atoms with E-state index in [4.69, 9.17) is 24.7 Å². The molecule has 3 aliphatic rings. The van der Waals surface area contributed by atoms with E-state index in [2.05, 4.69) is 31.6 Å². The predicted molar refractivity (Wildman–Crippen MR) is 189 cm³/mol. The number of hydrogen-bond donors (Lipinski definition) is 1. The molecule has 1 saturated heterocycles. The number of rotatable bonds is 13. The average Bonchev–Trinajstić information content (AvgIpc) is 3.72. The minimum Gasteiger partial charge on any atom is -0.550 e. The van der Waals surface area contributed by atoms with E-state index in [1.165, 1.54) is 12.3 Å². The number of aromatic amines is 1. The van der Waals surface area contributed by atoms with Crippen molar-refractivity contribution in [2.75, 3.05) is 62.8 Å². The van der Waals surface area contributed by atoms with Crippen LogP contribution in [0.3, 0.4) is 0 Å². The molecule has 278 valence electrons. The molecule has 0 unspecified atom stereocenters. The quantitative estimate of drug-likeness (QED) is 0.202. The Hall–Kier alpha value is -3.37. The Kier molecular flexibility index (Phi) is 12.0. The average molecular weight is 744 g/mol. The van der Waals surface area contributed by atoms with Crippen LogP contribution in [0, 0.1) is 5.41 Å². The van der Waals surface area contributed by atoms with Crippen molar-refractivity contribution in [1.29, 1.82) is 0 Å². The number of carbonyl (C=O) groups excluding carboxylic acids is 1. The molecule has 0 bridgehead atoms.